The number of amides is 1. The summed E-state index contributed by atoms with van der Waals surface area (Å²) in [7, 11) is 1.43. The largest absolute Gasteiger partial charge is 0.370 e. The van der Waals surface area contributed by atoms with E-state index in [0.717, 1.165) is 0 Å². The molecule has 0 fully saturated rings. The van der Waals surface area contributed by atoms with E-state index in [9.17, 15) is 4.79 Å². The molecule has 0 saturated carbocycles. The van der Waals surface area contributed by atoms with Crippen LogP contribution in [0.4, 0.5) is 5.69 Å². The van der Waals surface area contributed by atoms with Crippen molar-refractivity contribution in [3.05, 3.63) is 18.7 Å². The maximum absolute atomic E-state index is 11.4. The molecule has 6 nitrogen and oxygen atoms in total. The van der Waals surface area contributed by atoms with Crippen molar-refractivity contribution in [1.82, 2.24) is 9.97 Å². The van der Waals surface area contributed by atoms with Crippen LogP contribution in [0.15, 0.2) is 18.7 Å². The maximum Gasteiger partial charge on any atom is 0.254 e. The number of anilines is 1. The summed E-state index contributed by atoms with van der Waals surface area (Å²) < 4.78 is 4.86. The SMILES string of the molecule is COC(CN)C(=O)Nc1cncnc1. The van der Waals surface area contributed by atoms with Gasteiger partial charge in [0.2, 0.25) is 0 Å². The molecule has 1 amide bonds. The van der Waals surface area contributed by atoms with Gasteiger partial charge in [0.1, 0.15) is 12.4 Å². The molecule has 1 aromatic heterocycles. The standard InChI is InChI=1S/C8H12N4O2/c1-14-7(2-9)8(13)12-6-3-10-5-11-4-6/h3-5,7H,2,9H2,1H3,(H,12,13). The van der Waals surface area contributed by atoms with E-state index in [2.05, 4.69) is 15.3 Å². The molecule has 1 heterocycles. The van der Waals surface area contributed by atoms with E-state index in [1.807, 2.05) is 0 Å². The van der Waals surface area contributed by atoms with Crippen molar-refractivity contribution in [2.24, 2.45) is 5.73 Å². The molecule has 14 heavy (non-hydrogen) atoms. The molecule has 0 aromatic carbocycles. The number of carbonyl (C=O) groups is 1. The summed E-state index contributed by atoms with van der Waals surface area (Å²) in [6.07, 6.45) is 3.73. The van der Waals surface area contributed by atoms with Crippen LogP contribution in [0.2, 0.25) is 0 Å². The quantitative estimate of drug-likeness (QED) is 0.670. The molecule has 0 bridgehead atoms. The van der Waals surface area contributed by atoms with Gasteiger partial charge in [-0.2, -0.15) is 0 Å². The molecular weight excluding hydrogens is 184 g/mol. The van der Waals surface area contributed by atoms with Crippen LogP contribution >= 0.6 is 0 Å². The van der Waals surface area contributed by atoms with Crippen LogP contribution in [-0.4, -0.2) is 35.6 Å². The Hall–Kier alpha value is -1.53. The molecule has 1 unspecified atom stereocenters. The minimum absolute atomic E-state index is 0.135. The second kappa shape index (κ2) is 5.25. The summed E-state index contributed by atoms with van der Waals surface area (Å²) in [5.74, 6) is -0.301. The van der Waals surface area contributed by atoms with Crippen LogP contribution in [0.25, 0.3) is 0 Å². The van der Waals surface area contributed by atoms with Gasteiger partial charge in [0, 0.05) is 13.7 Å². The fourth-order valence-electron chi connectivity index (χ4n) is 0.897. The average Bonchev–Trinajstić information content (AvgIpc) is 2.21. The van der Waals surface area contributed by atoms with E-state index in [-0.39, 0.29) is 12.5 Å². The van der Waals surface area contributed by atoms with E-state index < -0.39 is 6.10 Å². The summed E-state index contributed by atoms with van der Waals surface area (Å²) >= 11 is 0. The van der Waals surface area contributed by atoms with Gasteiger partial charge >= 0.3 is 0 Å². The molecule has 0 spiro atoms. The Morgan fingerprint density at radius 1 is 1.64 bits per heavy atom. The van der Waals surface area contributed by atoms with E-state index in [1.54, 1.807) is 0 Å². The number of methoxy groups -OCH3 is 1. The number of carbonyl (C=O) groups excluding carboxylic acids is 1. The van der Waals surface area contributed by atoms with Gasteiger partial charge in [-0.3, -0.25) is 4.79 Å². The van der Waals surface area contributed by atoms with Gasteiger partial charge in [-0.25, -0.2) is 9.97 Å². The number of hydrogen-bond donors (Lipinski definition) is 2. The number of nitrogens with zero attached hydrogens (tertiary/aromatic N) is 2. The van der Waals surface area contributed by atoms with Crippen LogP contribution in [-0.2, 0) is 9.53 Å². The van der Waals surface area contributed by atoms with Gasteiger partial charge in [0.25, 0.3) is 5.91 Å². The van der Waals surface area contributed by atoms with E-state index in [4.69, 9.17) is 10.5 Å². The number of hydrogen-bond acceptors (Lipinski definition) is 5. The fraction of sp³-hybridized carbons (Fsp3) is 0.375. The van der Waals surface area contributed by atoms with E-state index in [0.29, 0.717) is 5.69 Å². The first-order valence-electron chi connectivity index (χ1n) is 4.06. The average molecular weight is 196 g/mol. The van der Waals surface area contributed by atoms with Crippen molar-refractivity contribution < 1.29 is 9.53 Å². The molecule has 0 saturated heterocycles. The lowest BCUT2D eigenvalue weighted by Gasteiger charge is -2.12. The highest BCUT2D eigenvalue weighted by Crippen LogP contribution is 2.01. The molecule has 1 atom stereocenters. The number of nitrogens with two attached hydrogens (primary N) is 1. The molecule has 1 aromatic rings. The second-order valence-electron chi connectivity index (χ2n) is 2.58. The first-order valence-corrected chi connectivity index (χ1v) is 4.06. The third-order valence-electron chi connectivity index (χ3n) is 1.62. The van der Waals surface area contributed by atoms with Gasteiger partial charge in [-0.15, -0.1) is 0 Å². The Balaban J connectivity index is 2.57. The van der Waals surface area contributed by atoms with Crippen LogP contribution in [0.5, 0.6) is 0 Å². The van der Waals surface area contributed by atoms with Gasteiger partial charge < -0.3 is 15.8 Å². The Kier molecular flexibility index (Phi) is 3.96. The van der Waals surface area contributed by atoms with Crippen molar-refractivity contribution in [3.63, 3.8) is 0 Å². The van der Waals surface area contributed by atoms with E-state index in [1.165, 1.54) is 25.8 Å². The third kappa shape index (κ3) is 2.75. The Bertz CT molecular complexity index is 287. The van der Waals surface area contributed by atoms with Gasteiger partial charge in [0.05, 0.1) is 18.1 Å². The van der Waals surface area contributed by atoms with Crippen LogP contribution in [0, 0.1) is 0 Å². The molecule has 76 valence electrons. The van der Waals surface area contributed by atoms with E-state index >= 15 is 0 Å². The topological polar surface area (TPSA) is 90.1 Å². The van der Waals surface area contributed by atoms with Crippen LogP contribution in [0.3, 0.4) is 0 Å². The van der Waals surface area contributed by atoms with Crippen molar-refractivity contribution in [2.45, 2.75) is 6.10 Å². The van der Waals surface area contributed by atoms with Crippen LogP contribution < -0.4 is 11.1 Å². The molecule has 3 N–H and O–H groups in total. The summed E-state index contributed by atoms with van der Waals surface area (Å²) in [4.78, 5) is 18.9. The van der Waals surface area contributed by atoms with Crippen molar-refractivity contribution in [3.8, 4) is 0 Å². The molecule has 6 heteroatoms. The molecular formula is C8H12N4O2. The van der Waals surface area contributed by atoms with Gasteiger partial charge in [0.15, 0.2) is 0 Å². The lowest BCUT2D eigenvalue weighted by atomic mass is 10.3. The number of ether oxygens (including phenoxy) is 1. The zero-order valence-corrected chi connectivity index (χ0v) is 7.80. The predicted octanol–water partition coefficient (Wildman–Crippen LogP) is -0.611. The van der Waals surface area contributed by atoms with Crippen molar-refractivity contribution >= 4 is 11.6 Å². The molecule has 0 aliphatic carbocycles. The van der Waals surface area contributed by atoms with Crippen LogP contribution in [0.1, 0.15) is 0 Å². The number of nitrogens with one attached hydrogen (secondary N) is 1. The lowest BCUT2D eigenvalue weighted by Crippen LogP contribution is -2.35. The molecule has 0 aliphatic heterocycles. The second-order valence-corrected chi connectivity index (χ2v) is 2.58. The molecule has 0 radical (unpaired) electrons. The zero-order valence-electron chi connectivity index (χ0n) is 7.80. The van der Waals surface area contributed by atoms with Crippen molar-refractivity contribution in [1.29, 1.82) is 0 Å². The first kappa shape index (κ1) is 10.6. The third-order valence-corrected chi connectivity index (χ3v) is 1.62. The first-order chi connectivity index (χ1) is 6.77. The summed E-state index contributed by atoms with van der Waals surface area (Å²) in [6, 6.07) is 0. The highest BCUT2D eigenvalue weighted by atomic mass is 16.5. The minimum Gasteiger partial charge on any atom is -0.370 e. The Morgan fingerprint density at radius 2 is 2.29 bits per heavy atom. The summed E-state index contributed by atoms with van der Waals surface area (Å²) in [6.45, 7) is 0.135. The Labute approximate surface area is 81.5 Å². The molecule has 0 aliphatic rings. The monoisotopic (exact) mass is 196 g/mol. The normalized spacial score (nSPS) is 12.1. The lowest BCUT2D eigenvalue weighted by molar-refractivity contribution is -0.125. The Morgan fingerprint density at radius 3 is 2.79 bits per heavy atom. The summed E-state index contributed by atoms with van der Waals surface area (Å²) in [5.41, 5.74) is 5.84. The fourth-order valence-corrected chi connectivity index (χ4v) is 0.897. The van der Waals surface area contributed by atoms with Gasteiger partial charge in [-0.05, 0) is 0 Å². The molecule has 1 rings (SSSR count). The minimum atomic E-state index is -0.643. The smallest absolute Gasteiger partial charge is 0.254 e. The summed E-state index contributed by atoms with van der Waals surface area (Å²) in [5, 5.41) is 2.57. The van der Waals surface area contributed by atoms with Crippen molar-refractivity contribution in [2.75, 3.05) is 19.0 Å². The highest BCUT2D eigenvalue weighted by Gasteiger charge is 2.15. The highest BCUT2D eigenvalue weighted by molar-refractivity contribution is 5.94. The van der Waals surface area contributed by atoms with Gasteiger partial charge in [-0.1, -0.05) is 0 Å². The zero-order chi connectivity index (χ0) is 10.4. The number of aromatic nitrogens is 2. The number of rotatable bonds is 4. The maximum atomic E-state index is 11.4. The predicted molar refractivity (Wildman–Crippen MR) is 50.5 cm³/mol.